The zero-order valence-corrected chi connectivity index (χ0v) is 16.4. The number of nitrogens with one attached hydrogen (secondary N) is 3. The van der Waals surface area contributed by atoms with Crippen LogP contribution in [-0.4, -0.2) is 40.3 Å². The van der Waals surface area contributed by atoms with Gasteiger partial charge < -0.3 is 15.4 Å². The third-order valence-corrected chi connectivity index (χ3v) is 5.82. The Balaban J connectivity index is 1.41. The molecule has 3 N–H and O–H groups in total. The molecule has 0 aliphatic carbocycles. The zero-order valence-electron chi connectivity index (χ0n) is 15.6. The second-order valence-electron chi connectivity index (χ2n) is 7.33. The minimum atomic E-state index is -3.28. The van der Waals surface area contributed by atoms with Crippen LogP contribution in [0.4, 0.5) is 5.69 Å². The fraction of sp³-hybridized carbons (Fsp3) is 0.350. The fourth-order valence-corrected chi connectivity index (χ4v) is 4.36. The molecule has 0 aromatic heterocycles. The van der Waals surface area contributed by atoms with Gasteiger partial charge in [0, 0.05) is 42.7 Å². The first-order valence-corrected chi connectivity index (χ1v) is 11.1. The van der Waals surface area contributed by atoms with Crippen molar-refractivity contribution in [2.75, 3.05) is 30.7 Å². The highest BCUT2D eigenvalue weighted by molar-refractivity contribution is 7.92. The Labute approximate surface area is 164 Å². The van der Waals surface area contributed by atoms with Crippen LogP contribution < -0.4 is 20.1 Å². The maximum Gasteiger partial charge on any atom is 0.252 e. The molecule has 28 heavy (non-hydrogen) atoms. The first kappa shape index (κ1) is 18.8. The lowest BCUT2D eigenvalue weighted by atomic mass is 9.89. The molecule has 0 bridgehead atoms. The summed E-state index contributed by atoms with van der Waals surface area (Å²) in [6.45, 7) is 2.81. The van der Waals surface area contributed by atoms with E-state index in [1.807, 2.05) is 24.3 Å². The van der Waals surface area contributed by atoms with E-state index in [0.717, 1.165) is 30.5 Å². The summed E-state index contributed by atoms with van der Waals surface area (Å²) in [6.07, 6.45) is 1.14. The van der Waals surface area contributed by atoms with Gasteiger partial charge in [0.05, 0.1) is 12.9 Å². The monoisotopic (exact) mass is 401 g/mol. The Bertz CT molecular complexity index is 989. The zero-order chi connectivity index (χ0) is 19.7. The Hall–Kier alpha value is -2.58. The number of fused-ring (bicyclic) bond motifs is 1. The number of carbonyl (C=O) groups excluding carboxylic acids is 1. The van der Waals surface area contributed by atoms with Crippen LogP contribution in [-0.2, 0) is 16.6 Å². The van der Waals surface area contributed by atoms with Crippen molar-refractivity contribution in [3.05, 3.63) is 59.2 Å². The third kappa shape index (κ3) is 4.13. The first-order valence-electron chi connectivity index (χ1n) is 9.21. The van der Waals surface area contributed by atoms with E-state index in [9.17, 15) is 13.2 Å². The molecule has 2 aliphatic rings. The van der Waals surface area contributed by atoms with E-state index in [1.54, 1.807) is 18.2 Å². The van der Waals surface area contributed by atoms with Crippen LogP contribution in [0, 0.1) is 5.92 Å². The molecule has 2 heterocycles. The van der Waals surface area contributed by atoms with Gasteiger partial charge >= 0.3 is 0 Å². The minimum absolute atomic E-state index is 0.0522. The Morgan fingerprint density at radius 3 is 2.68 bits per heavy atom. The molecule has 1 saturated heterocycles. The summed E-state index contributed by atoms with van der Waals surface area (Å²) in [6, 6.07) is 13.1. The van der Waals surface area contributed by atoms with Crippen LogP contribution >= 0.6 is 0 Å². The average molecular weight is 401 g/mol. The fourth-order valence-electron chi connectivity index (χ4n) is 3.80. The lowest BCUT2D eigenvalue weighted by molar-refractivity contribution is 0.0965. The van der Waals surface area contributed by atoms with Gasteiger partial charge in [-0.25, -0.2) is 8.42 Å². The number of hydrogen-bond donors (Lipinski definition) is 3. The van der Waals surface area contributed by atoms with E-state index in [4.69, 9.17) is 4.74 Å². The van der Waals surface area contributed by atoms with Crippen LogP contribution in [0.25, 0.3) is 0 Å². The predicted molar refractivity (Wildman–Crippen MR) is 107 cm³/mol. The number of hydrogen-bond acceptors (Lipinski definition) is 5. The number of carbonyl (C=O) groups is 1. The molecule has 0 spiro atoms. The van der Waals surface area contributed by atoms with Gasteiger partial charge in [-0.05, 0) is 35.4 Å². The van der Waals surface area contributed by atoms with Gasteiger partial charge in [-0.3, -0.25) is 9.52 Å². The molecular weight excluding hydrogens is 378 g/mol. The van der Waals surface area contributed by atoms with E-state index >= 15 is 0 Å². The normalized spacial score (nSPS) is 21.2. The summed E-state index contributed by atoms with van der Waals surface area (Å²) in [5.74, 6) is 1.22. The summed E-state index contributed by atoms with van der Waals surface area (Å²) >= 11 is 0. The van der Waals surface area contributed by atoms with Gasteiger partial charge in [0.25, 0.3) is 5.91 Å². The van der Waals surface area contributed by atoms with Crippen LogP contribution in [0.5, 0.6) is 5.75 Å². The lowest BCUT2D eigenvalue weighted by Gasteiger charge is -2.20. The smallest absolute Gasteiger partial charge is 0.252 e. The molecule has 1 amide bonds. The second kappa shape index (κ2) is 7.44. The van der Waals surface area contributed by atoms with E-state index in [2.05, 4.69) is 15.4 Å². The topological polar surface area (TPSA) is 96.5 Å². The van der Waals surface area contributed by atoms with Crippen molar-refractivity contribution in [2.45, 2.75) is 12.5 Å². The molecule has 2 aromatic rings. The van der Waals surface area contributed by atoms with Crippen molar-refractivity contribution >= 4 is 21.6 Å². The second-order valence-corrected chi connectivity index (χ2v) is 9.08. The van der Waals surface area contributed by atoms with Crippen LogP contribution in [0.1, 0.15) is 27.4 Å². The molecule has 2 aromatic carbocycles. The van der Waals surface area contributed by atoms with Crippen LogP contribution in [0.2, 0.25) is 0 Å². The molecule has 2 atom stereocenters. The molecule has 1 fully saturated rings. The van der Waals surface area contributed by atoms with Crippen molar-refractivity contribution < 1.29 is 17.9 Å². The highest BCUT2D eigenvalue weighted by Gasteiger charge is 2.29. The molecular formula is C20H23N3O4S. The summed E-state index contributed by atoms with van der Waals surface area (Å²) < 4.78 is 31.2. The third-order valence-electron chi connectivity index (χ3n) is 5.21. The molecule has 8 heteroatoms. The largest absolute Gasteiger partial charge is 0.493 e. The number of amides is 1. The van der Waals surface area contributed by atoms with Crippen molar-refractivity contribution in [3.8, 4) is 5.75 Å². The quantitative estimate of drug-likeness (QED) is 0.684. The highest BCUT2D eigenvalue weighted by Crippen LogP contribution is 2.30. The van der Waals surface area contributed by atoms with Gasteiger partial charge in [0.2, 0.25) is 10.0 Å². The Morgan fingerprint density at radius 1 is 1.14 bits per heavy atom. The van der Waals surface area contributed by atoms with E-state index in [-0.39, 0.29) is 17.7 Å². The number of benzene rings is 2. The van der Waals surface area contributed by atoms with Gasteiger partial charge in [0.15, 0.2) is 0 Å². The predicted octanol–water partition coefficient (Wildman–Crippen LogP) is 1.68. The maximum absolute atomic E-state index is 11.8. The lowest BCUT2D eigenvalue weighted by Crippen LogP contribution is -2.19. The van der Waals surface area contributed by atoms with Gasteiger partial charge in [-0.2, -0.15) is 0 Å². The highest BCUT2D eigenvalue weighted by atomic mass is 32.2. The Kier molecular flexibility index (Phi) is 4.99. The summed E-state index contributed by atoms with van der Waals surface area (Å²) in [5.41, 5.74) is 3.39. The van der Waals surface area contributed by atoms with Crippen LogP contribution in [0.15, 0.2) is 42.5 Å². The van der Waals surface area contributed by atoms with E-state index in [1.165, 1.54) is 0 Å². The molecule has 7 nitrogen and oxygen atoms in total. The van der Waals surface area contributed by atoms with Crippen LogP contribution in [0.3, 0.4) is 0 Å². The molecule has 0 unspecified atom stereocenters. The maximum atomic E-state index is 11.8. The van der Waals surface area contributed by atoms with Gasteiger partial charge in [-0.15, -0.1) is 0 Å². The van der Waals surface area contributed by atoms with E-state index < -0.39 is 10.0 Å². The molecule has 4 rings (SSSR count). The summed E-state index contributed by atoms with van der Waals surface area (Å²) in [4.78, 5) is 11.8. The number of ether oxygens (including phenoxy) is 1. The SMILES string of the molecule is CS(=O)(=O)Nc1ccc([C@@H]2CNC[C@H]2COc2ccc3c(c2)C(=O)NC3)cc1. The number of rotatable bonds is 6. The Morgan fingerprint density at radius 2 is 1.93 bits per heavy atom. The first-order chi connectivity index (χ1) is 13.4. The molecule has 2 aliphatic heterocycles. The summed E-state index contributed by atoms with van der Waals surface area (Å²) in [5, 5.41) is 6.21. The summed E-state index contributed by atoms with van der Waals surface area (Å²) in [7, 11) is -3.28. The van der Waals surface area contributed by atoms with Crippen molar-refractivity contribution in [1.29, 1.82) is 0 Å². The van der Waals surface area contributed by atoms with Gasteiger partial charge in [0.1, 0.15) is 5.75 Å². The van der Waals surface area contributed by atoms with Gasteiger partial charge in [-0.1, -0.05) is 18.2 Å². The average Bonchev–Trinajstić information content (AvgIpc) is 3.26. The number of anilines is 1. The molecule has 0 saturated carbocycles. The standard InChI is InChI=1S/C20H23N3O4S/c1-28(25,26)23-16-5-2-13(3-6-16)19-11-21-9-15(19)12-27-17-7-4-14-10-22-20(24)18(14)8-17/h2-8,15,19,21,23H,9-12H2,1H3,(H,22,24)/t15-,19-/m0/s1. The number of sulfonamides is 1. The molecule has 0 radical (unpaired) electrons. The molecule has 148 valence electrons. The van der Waals surface area contributed by atoms with Crippen molar-refractivity contribution in [1.82, 2.24) is 10.6 Å². The minimum Gasteiger partial charge on any atom is -0.493 e. The van der Waals surface area contributed by atoms with Crippen molar-refractivity contribution in [2.24, 2.45) is 5.92 Å². The van der Waals surface area contributed by atoms with E-state index in [0.29, 0.717) is 30.2 Å². The van der Waals surface area contributed by atoms with Crippen molar-refractivity contribution in [3.63, 3.8) is 0 Å².